The fourth-order valence-electron chi connectivity index (χ4n) is 3.05. The van der Waals surface area contributed by atoms with Crippen LogP contribution in [-0.4, -0.2) is 45.8 Å². The quantitative estimate of drug-likeness (QED) is 0.684. The van der Waals surface area contributed by atoms with E-state index in [2.05, 4.69) is 14.9 Å². The van der Waals surface area contributed by atoms with E-state index < -0.39 is 0 Å². The molecule has 0 saturated carbocycles. The molecule has 4 heterocycles. The molecule has 0 N–H and O–H groups in total. The average molecular weight is 323 g/mol. The lowest BCUT2D eigenvalue weighted by atomic mass is 10.1. The highest BCUT2D eigenvalue weighted by molar-refractivity contribution is 5.74. The Morgan fingerprint density at radius 3 is 2.96 bits per heavy atom. The number of carbonyl (C=O) groups excluding carboxylic acids is 1. The first-order valence-corrected chi connectivity index (χ1v) is 7.85. The lowest BCUT2D eigenvalue weighted by Crippen LogP contribution is -2.24. The molecule has 122 valence electrons. The maximum absolute atomic E-state index is 11.7. The molecule has 0 radical (unpaired) electrons. The Kier molecular flexibility index (Phi) is 3.60. The summed E-state index contributed by atoms with van der Waals surface area (Å²) in [4.78, 5) is 22.6. The third-order valence-electron chi connectivity index (χ3n) is 4.32. The molecule has 0 bridgehead atoms. The van der Waals surface area contributed by atoms with Crippen molar-refractivity contribution in [3.05, 3.63) is 42.7 Å². The molecule has 1 saturated heterocycles. The number of carbonyl (C=O) groups is 1. The van der Waals surface area contributed by atoms with E-state index in [1.54, 1.807) is 16.9 Å². The number of hydrogen-bond acceptors (Lipinski definition) is 6. The number of hydrogen-bond donors (Lipinski definition) is 0. The van der Waals surface area contributed by atoms with Crippen LogP contribution in [0.5, 0.6) is 0 Å². The lowest BCUT2D eigenvalue weighted by Gasteiger charge is -2.17. The van der Waals surface area contributed by atoms with Crippen molar-refractivity contribution in [3.8, 4) is 11.4 Å². The van der Waals surface area contributed by atoms with Crippen molar-refractivity contribution in [2.24, 2.45) is 5.92 Å². The predicted molar refractivity (Wildman–Crippen MR) is 88.6 cm³/mol. The molecule has 0 aliphatic carbocycles. The van der Waals surface area contributed by atoms with Gasteiger partial charge in [-0.05, 0) is 30.7 Å². The van der Waals surface area contributed by atoms with Gasteiger partial charge in [-0.3, -0.25) is 9.78 Å². The number of nitrogens with zero attached hydrogens (tertiary/aromatic N) is 5. The summed E-state index contributed by atoms with van der Waals surface area (Å²) in [6.07, 6.45) is 4.30. The van der Waals surface area contributed by atoms with Gasteiger partial charge in [-0.15, -0.1) is 5.10 Å². The topological polar surface area (TPSA) is 72.6 Å². The highest BCUT2D eigenvalue weighted by Gasteiger charge is 2.30. The largest absolute Gasteiger partial charge is 0.469 e. The SMILES string of the molecule is COC(=O)[C@H]1CCN(c2ccc3ncc(-c4ccccn4)n3n2)C1. The summed E-state index contributed by atoms with van der Waals surface area (Å²) in [6.45, 7) is 1.41. The van der Waals surface area contributed by atoms with Crippen LogP contribution in [0.15, 0.2) is 42.7 Å². The number of ether oxygens (including phenoxy) is 1. The number of rotatable bonds is 3. The van der Waals surface area contributed by atoms with Crippen LogP contribution in [0.2, 0.25) is 0 Å². The molecule has 4 rings (SSSR count). The van der Waals surface area contributed by atoms with Crippen molar-refractivity contribution < 1.29 is 9.53 Å². The summed E-state index contributed by atoms with van der Waals surface area (Å²) in [5, 5.41) is 4.70. The first kappa shape index (κ1) is 14.6. The molecule has 3 aromatic rings. The third kappa shape index (κ3) is 2.47. The third-order valence-corrected chi connectivity index (χ3v) is 4.32. The normalized spacial score (nSPS) is 17.4. The van der Waals surface area contributed by atoms with Gasteiger partial charge >= 0.3 is 5.97 Å². The van der Waals surface area contributed by atoms with Crippen molar-refractivity contribution in [2.75, 3.05) is 25.1 Å². The summed E-state index contributed by atoms with van der Waals surface area (Å²) in [6, 6.07) is 9.61. The van der Waals surface area contributed by atoms with Crippen LogP contribution < -0.4 is 4.90 Å². The summed E-state index contributed by atoms with van der Waals surface area (Å²) < 4.78 is 6.64. The molecule has 1 atom stereocenters. The van der Waals surface area contributed by atoms with Crippen molar-refractivity contribution in [1.29, 1.82) is 0 Å². The van der Waals surface area contributed by atoms with Crippen LogP contribution in [0.4, 0.5) is 5.82 Å². The Morgan fingerprint density at radius 1 is 1.25 bits per heavy atom. The molecule has 0 spiro atoms. The molecule has 0 aromatic carbocycles. The number of aromatic nitrogens is 4. The zero-order valence-corrected chi connectivity index (χ0v) is 13.3. The lowest BCUT2D eigenvalue weighted by molar-refractivity contribution is -0.144. The van der Waals surface area contributed by atoms with Gasteiger partial charge in [0, 0.05) is 19.3 Å². The Hall–Kier alpha value is -2.96. The van der Waals surface area contributed by atoms with Crippen LogP contribution in [-0.2, 0) is 9.53 Å². The van der Waals surface area contributed by atoms with Gasteiger partial charge in [0.25, 0.3) is 0 Å². The molecule has 1 aliphatic heterocycles. The smallest absolute Gasteiger partial charge is 0.310 e. The van der Waals surface area contributed by atoms with Crippen LogP contribution in [0.1, 0.15) is 6.42 Å². The Bertz CT molecular complexity index is 877. The number of fused-ring (bicyclic) bond motifs is 1. The number of pyridine rings is 1. The van der Waals surface area contributed by atoms with Crippen LogP contribution in [0.25, 0.3) is 17.0 Å². The van der Waals surface area contributed by atoms with Gasteiger partial charge in [0.05, 0.1) is 24.9 Å². The van der Waals surface area contributed by atoms with Gasteiger partial charge < -0.3 is 9.64 Å². The molecular weight excluding hydrogens is 306 g/mol. The fourth-order valence-corrected chi connectivity index (χ4v) is 3.05. The van der Waals surface area contributed by atoms with Crippen molar-refractivity contribution in [2.45, 2.75) is 6.42 Å². The van der Waals surface area contributed by atoms with E-state index in [1.165, 1.54) is 7.11 Å². The first-order valence-electron chi connectivity index (χ1n) is 7.85. The zero-order valence-electron chi connectivity index (χ0n) is 13.3. The Morgan fingerprint density at radius 2 is 2.17 bits per heavy atom. The molecule has 1 fully saturated rings. The maximum atomic E-state index is 11.7. The molecule has 1 aliphatic rings. The highest BCUT2D eigenvalue weighted by atomic mass is 16.5. The van der Waals surface area contributed by atoms with Crippen LogP contribution >= 0.6 is 0 Å². The molecular formula is C17H17N5O2. The summed E-state index contributed by atoms with van der Waals surface area (Å²) in [5.41, 5.74) is 2.43. The van der Waals surface area contributed by atoms with Gasteiger partial charge in [-0.1, -0.05) is 6.07 Å². The zero-order chi connectivity index (χ0) is 16.5. The number of esters is 1. The van der Waals surface area contributed by atoms with Gasteiger partial charge in [0.1, 0.15) is 11.5 Å². The van der Waals surface area contributed by atoms with Crippen LogP contribution in [0, 0.1) is 5.92 Å². The number of anilines is 1. The summed E-state index contributed by atoms with van der Waals surface area (Å²) >= 11 is 0. The fraction of sp³-hybridized carbons (Fsp3) is 0.294. The molecule has 0 unspecified atom stereocenters. The molecule has 7 nitrogen and oxygen atoms in total. The minimum atomic E-state index is -0.157. The molecule has 3 aromatic heterocycles. The van der Waals surface area contributed by atoms with Gasteiger partial charge in [-0.2, -0.15) is 0 Å². The predicted octanol–water partition coefficient (Wildman–Crippen LogP) is 1.79. The standard InChI is InChI=1S/C17H17N5O2/c1-24-17(23)12-7-9-21(11-12)16-6-5-15-19-10-14(22(15)20-16)13-4-2-3-8-18-13/h2-6,8,10,12H,7,9,11H2,1H3/t12-/m0/s1. The van der Waals surface area contributed by atoms with E-state index in [1.807, 2.05) is 30.3 Å². The van der Waals surface area contributed by atoms with E-state index >= 15 is 0 Å². The second-order valence-corrected chi connectivity index (χ2v) is 5.77. The van der Waals surface area contributed by atoms with E-state index in [0.29, 0.717) is 6.54 Å². The summed E-state index contributed by atoms with van der Waals surface area (Å²) in [5.74, 6) is 0.574. The van der Waals surface area contributed by atoms with E-state index in [-0.39, 0.29) is 11.9 Å². The Balaban J connectivity index is 1.67. The molecule has 24 heavy (non-hydrogen) atoms. The minimum Gasteiger partial charge on any atom is -0.469 e. The summed E-state index contributed by atoms with van der Waals surface area (Å²) in [7, 11) is 1.43. The van der Waals surface area contributed by atoms with Gasteiger partial charge in [0.15, 0.2) is 5.65 Å². The van der Waals surface area contributed by atoms with Gasteiger partial charge in [0.2, 0.25) is 0 Å². The minimum absolute atomic E-state index is 0.0921. The number of imidazole rings is 1. The second-order valence-electron chi connectivity index (χ2n) is 5.77. The van der Waals surface area contributed by atoms with Crippen LogP contribution in [0.3, 0.4) is 0 Å². The van der Waals surface area contributed by atoms with Crippen molar-refractivity contribution in [1.82, 2.24) is 19.6 Å². The van der Waals surface area contributed by atoms with E-state index in [9.17, 15) is 4.79 Å². The second kappa shape index (κ2) is 5.92. The van der Waals surface area contributed by atoms with Crippen molar-refractivity contribution in [3.63, 3.8) is 0 Å². The van der Waals surface area contributed by atoms with Crippen molar-refractivity contribution >= 4 is 17.4 Å². The Labute approximate surface area is 138 Å². The first-order chi connectivity index (χ1) is 11.8. The van der Waals surface area contributed by atoms with E-state index in [4.69, 9.17) is 9.84 Å². The molecule has 0 amide bonds. The number of methoxy groups -OCH3 is 1. The maximum Gasteiger partial charge on any atom is 0.310 e. The van der Waals surface area contributed by atoms with E-state index in [0.717, 1.165) is 35.8 Å². The molecule has 7 heteroatoms. The average Bonchev–Trinajstić information content (AvgIpc) is 3.28. The highest BCUT2D eigenvalue weighted by Crippen LogP contribution is 2.24. The van der Waals surface area contributed by atoms with Gasteiger partial charge in [-0.25, -0.2) is 9.50 Å². The monoisotopic (exact) mass is 323 g/mol.